The van der Waals surface area contributed by atoms with Gasteiger partial charge in [-0.2, -0.15) is 5.10 Å². The number of hydrogen-bond donors (Lipinski definition) is 2. The molecule has 0 atom stereocenters. The van der Waals surface area contributed by atoms with Crippen LogP contribution in [0.25, 0.3) is 10.9 Å². The summed E-state index contributed by atoms with van der Waals surface area (Å²) in [6.45, 7) is 0.664. The molecule has 0 amide bonds. The molecule has 0 unspecified atom stereocenters. The van der Waals surface area contributed by atoms with Gasteiger partial charge in [0, 0.05) is 11.9 Å². The van der Waals surface area contributed by atoms with Crippen LogP contribution in [-0.2, 0) is 6.54 Å². The molecule has 4 heteroatoms. The van der Waals surface area contributed by atoms with Crippen LogP contribution < -0.4 is 5.32 Å². The van der Waals surface area contributed by atoms with Gasteiger partial charge >= 0.3 is 0 Å². The summed E-state index contributed by atoms with van der Waals surface area (Å²) in [5.74, 6) is 0.417. The molecule has 0 spiro atoms. The Hall–Kier alpha value is -2.36. The van der Waals surface area contributed by atoms with Crippen molar-refractivity contribution < 1.29 is 4.39 Å². The van der Waals surface area contributed by atoms with Gasteiger partial charge in [-0.15, -0.1) is 0 Å². The molecule has 0 aliphatic rings. The Morgan fingerprint density at radius 3 is 2.78 bits per heavy atom. The number of benzene rings is 2. The summed E-state index contributed by atoms with van der Waals surface area (Å²) >= 11 is 0. The molecule has 0 bridgehead atoms. The number of fused-ring (bicyclic) bond motifs is 1. The summed E-state index contributed by atoms with van der Waals surface area (Å²) in [6, 6.07) is 14.6. The first-order chi connectivity index (χ1) is 8.83. The number of nitrogens with one attached hydrogen (secondary N) is 2. The van der Waals surface area contributed by atoms with Crippen LogP contribution in [-0.4, -0.2) is 10.2 Å². The molecule has 3 aromatic rings. The first kappa shape index (κ1) is 10.8. The molecule has 2 N–H and O–H groups in total. The molecule has 0 aliphatic carbocycles. The van der Waals surface area contributed by atoms with E-state index in [0.29, 0.717) is 12.4 Å². The molecule has 3 rings (SSSR count). The number of rotatable bonds is 3. The minimum absolute atomic E-state index is 0.258. The zero-order valence-corrected chi connectivity index (χ0v) is 9.65. The van der Waals surface area contributed by atoms with E-state index in [-0.39, 0.29) is 5.82 Å². The molecule has 0 saturated carbocycles. The monoisotopic (exact) mass is 241 g/mol. The van der Waals surface area contributed by atoms with E-state index in [9.17, 15) is 4.39 Å². The summed E-state index contributed by atoms with van der Waals surface area (Å²) in [7, 11) is 0. The fourth-order valence-electron chi connectivity index (χ4n) is 1.90. The van der Waals surface area contributed by atoms with Crippen LogP contribution in [0.5, 0.6) is 0 Å². The molecule has 18 heavy (non-hydrogen) atoms. The van der Waals surface area contributed by atoms with Gasteiger partial charge in [0.05, 0.1) is 5.52 Å². The van der Waals surface area contributed by atoms with Gasteiger partial charge in [0.15, 0.2) is 5.82 Å². The summed E-state index contributed by atoms with van der Waals surface area (Å²) in [5.41, 5.74) is 1.98. The summed E-state index contributed by atoms with van der Waals surface area (Å²) < 4.78 is 13.2. The number of hydrogen-bond acceptors (Lipinski definition) is 2. The van der Waals surface area contributed by atoms with Crippen LogP contribution >= 0.6 is 0 Å². The van der Waals surface area contributed by atoms with Gasteiger partial charge in [0.1, 0.15) is 5.82 Å². The molecule has 90 valence electrons. The number of aromatic amines is 1. The summed E-state index contributed by atoms with van der Waals surface area (Å²) in [4.78, 5) is 0. The Kier molecular flexibility index (Phi) is 2.68. The standard InChI is InChI=1S/C14H12FN3/c15-11-6-7-13-12(8-11)14(18-17-13)16-9-10-4-2-1-3-5-10/h1-8H,9H2,(H2,16,17,18). The highest BCUT2D eigenvalue weighted by atomic mass is 19.1. The quantitative estimate of drug-likeness (QED) is 0.738. The van der Waals surface area contributed by atoms with E-state index in [1.807, 2.05) is 30.3 Å². The highest BCUT2D eigenvalue weighted by Gasteiger charge is 2.05. The van der Waals surface area contributed by atoms with E-state index in [1.54, 1.807) is 6.07 Å². The zero-order valence-electron chi connectivity index (χ0n) is 9.65. The second-order valence-corrected chi connectivity index (χ2v) is 4.10. The van der Waals surface area contributed by atoms with Gasteiger partial charge in [0.25, 0.3) is 0 Å². The van der Waals surface area contributed by atoms with E-state index in [4.69, 9.17) is 0 Å². The van der Waals surface area contributed by atoms with Crippen LogP contribution in [0.2, 0.25) is 0 Å². The van der Waals surface area contributed by atoms with Crippen molar-refractivity contribution in [3.63, 3.8) is 0 Å². The smallest absolute Gasteiger partial charge is 0.156 e. The normalized spacial score (nSPS) is 10.7. The largest absolute Gasteiger partial charge is 0.364 e. The Bertz CT molecular complexity index is 661. The first-order valence-electron chi connectivity index (χ1n) is 5.74. The Balaban J connectivity index is 1.85. The van der Waals surface area contributed by atoms with E-state index in [1.165, 1.54) is 12.1 Å². The molecule has 0 aliphatic heterocycles. The van der Waals surface area contributed by atoms with Crippen LogP contribution in [0, 0.1) is 5.82 Å². The lowest BCUT2D eigenvalue weighted by Gasteiger charge is -2.03. The summed E-state index contributed by atoms with van der Waals surface area (Å²) in [5, 5.41) is 11.0. The van der Waals surface area contributed by atoms with Crippen molar-refractivity contribution in [1.29, 1.82) is 0 Å². The maximum Gasteiger partial charge on any atom is 0.156 e. The third kappa shape index (κ3) is 2.05. The summed E-state index contributed by atoms with van der Waals surface area (Å²) in [6.07, 6.45) is 0. The van der Waals surface area contributed by atoms with Crippen LogP contribution in [0.3, 0.4) is 0 Å². The highest BCUT2D eigenvalue weighted by molar-refractivity contribution is 5.89. The van der Waals surface area contributed by atoms with Crippen molar-refractivity contribution in [1.82, 2.24) is 10.2 Å². The average Bonchev–Trinajstić information content (AvgIpc) is 2.80. The SMILES string of the molecule is Fc1ccc2[nH]nc(NCc3ccccc3)c2c1. The van der Waals surface area contributed by atoms with Crippen molar-refractivity contribution in [2.45, 2.75) is 6.54 Å². The predicted molar refractivity (Wildman–Crippen MR) is 69.8 cm³/mol. The number of H-pyrrole nitrogens is 1. The van der Waals surface area contributed by atoms with E-state index in [2.05, 4.69) is 15.5 Å². The van der Waals surface area contributed by atoms with E-state index >= 15 is 0 Å². The van der Waals surface area contributed by atoms with Gasteiger partial charge < -0.3 is 5.32 Å². The number of nitrogens with zero attached hydrogens (tertiary/aromatic N) is 1. The van der Waals surface area contributed by atoms with Gasteiger partial charge in [-0.3, -0.25) is 5.10 Å². The molecule has 3 nitrogen and oxygen atoms in total. The molecule has 2 aromatic carbocycles. The maximum atomic E-state index is 13.2. The molecule has 0 saturated heterocycles. The third-order valence-electron chi connectivity index (χ3n) is 2.83. The van der Waals surface area contributed by atoms with Crippen molar-refractivity contribution >= 4 is 16.7 Å². The van der Waals surface area contributed by atoms with Gasteiger partial charge in [-0.25, -0.2) is 4.39 Å². The zero-order chi connectivity index (χ0) is 12.4. The minimum Gasteiger partial charge on any atom is -0.364 e. The fraction of sp³-hybridized carbons (Fsp3) is 0.0714. The topological polar surface area (TPSA) is 40.7 Å². The molecule has 1 aromatic heterocycles. The van der Waals surface area contributed by atoms with Gasteiger partial charge in [0.2, 0.25) is 0 Å². The highest BCUT2D eigenvalue weighted by Crippen LogP contribution is 2.21. The lowest BCUT2D eigenvalue weighted by Crippen LogP contribution is -1.99. The van der Waals surface area contributed by atoms with Gasteiger partial charge in [-0.1, -0.05) is 30.3 Å². The second kappa shape index (κ2) is 4.49. The van der Waals surface area contributed by atoms with Crippen LogP contribution in [0.4, 0.5) is 10.2 Å². The Morgan fingerprint density at radius 1 is 1.11 bits per heavy atom. The number of halogens is 1. The lowest BCUT2D eigenvalue weighted by atomic mass is 10.2. The number of aromatic nitrogens is 2. The van der Waals surface area contributed by atoms with E-state index < -0.39 is 0 Å². The lowest BCUT2D eigenvalue weighted by molar-refractivity contribution is 0.630. The Morgan fingerprint density at radius 2 is 1.94 bits per heavy atom. The van der Waals surface area contributed by atoms with Crippen molar-refractivity contribution in [3.05, 3.63) is 59.9 Å². The van der Waals surface area contributed by atoms with E-state index in [0.717, 1.165) is 16.5 Å². The van der Waals surface area contributed by atoms with Crippen LogP contribution in [0.15, 0.2) is 48.5 Å². The molecule has 0 radical (unpaired) electrons. The average molecular weight is 241 g/mol. The Labute approximate surface area is 104 Å². The molecular formula is C14H12FN3. The molecule has 1 heterocycles. The van der Waals surface area contributed by atoms with Crippen molar-refractivity contribution in [2.24, 2.45) is 0 Å². The fourth-order valence-corrected chi connectivity index (χ4v) is 1.90. The third-order valence-corrected chi connectivity index (χ3v) is 2.83. The van der Waals surface area contributed by atoms with Crippen LogP contribution in [0.1, 0.15) is 5.56 Å². The molecular weight excluding hydrogens is 229 g/mol. The second-order valence-electron chi connectivity index (χ2n) is 4.10. The predicted octanol–water partition coefficient (Wildman–Crippen LogP) is 3.31. The van der Waals surface area contributed by atoms with Crippen molar-refractivity contribution in [3.8, 4) is 0 Å². The first-order valence-corrected chi connectivity index (χ1v) is 5.74. The maximum absolute atomic E-state index is 13.2. The molecule has 0 fully saturated rings. The minimum atomic E-state index is -0.258. The van der Waals surface area contributed by atoms with Crippen molar-refractivity contribution in [2.75, 3.05) is 5.32 Å². The van der Waals surface area contributed by atoms with Gasteiger partial charge in [-0.05, 0) is 23.8 Å². The number of anilines is 1.